The average molecular weight is 277 g/mol. The number of carbonyl (C=O) groups is 1. The van der Waals surface area contributed by atoms with Gasteiger partial charge in [0, 0.05) is 29.4 Å². The molecule has 0 saturated heterocycles. The summed E-state index contributed by atoms with van der Waals surface area (Å²) in [6.07, 6.45) is 1.07. The van der Waals surface area contributed by atoms with Gasteiger partial charge < -0.3 is 21.1 Å². The van der Waals surface area contributed by atoms with E-state index in [1.54, 1.807) is 24.3 Å². The standard InChI is InChI=1S/C15H23N3O2/c1-4-20-13-9-12(15(13,2)3)18-14(19)17-11-7-5-10(16)6-8-11/h5-8,12-13H,4,9,16H2,1-3H3,(H2,17,18,19). The van der Waals surface area contributed by atoms with Gasteiger partial charge in [0.1, 0.15) is 0 Å². The maximum Gasteiger partial charge on any atom is 0.319 e. The van der Waals surface area contributed by atoms with E-state index in [4.69, 9.17) is 10.5 Å². The van der Waals surface area contributed by atoms with Crippen LogP contribution in [0.5, 0.6) is 0 Å². The quantitative estimate of drug-likeness (QED) is 0.740. The molecule has 1 saturated carbocycles. The van der Waals surface area contributed by atoms with Crippen molar-refractivity contribution in [2.45, 2.75) is 39.3 Å². The van der Waals surface area contributed by atoms with Gasteiger partial charge in [-0.05, 0) is 37.6 Å². The van der Waals surface area contributed by atoms with Gasteiger partial charge in [-0.1, -0.05) is 13.8 Å². The normalized spacial score (nSPS) is 23.8. The number of rotatable bonds is 4. The fourth-order valence-electron chi connectivity index (χ4n) is 2.51. The Labute approximate surface area is 119 Å². The summed E-state index contributed by atoms with van der Waals surface area (Å²) in [6, 6.07) is 7.02. The van der Waals surface area contributed by atoms with E-state index in [1.807, 2.05) is 6.92 Å². The molecule has 20 heavy (non-hydrogen) atoms. The van der Waals surface area contributed by atoms with Crippen molar-refractivity contribution in [3.63, 3.8) is 0 Å². The van der Waals surface area contributed by atoms with E-state index in [2.05, 4.69) is 24.5 Å². The van der Waals surface area contributed by atoms with Crippen molar-refractivity contribution in [1.82, 2.24) is 5.32 Å². The van der Waals surface area contributed by atoms with Crippen LogP contribution in [-0.4, -0.2) is 24.8 Å². The highest BCUT2D eigenvalue weighted by Gasteiger charge is 2.49. The smallest absolute Gasteiger partial charge is 0.319 e. The van der Waals surface area contributed by atoms with Crippen LogP contribution in [0.3, 0.4) is 0 Å². The molecule has 0 radical (unpaired) electrons. The zero-order chi connectivity index (χ0) is 14.8. The second-order valence-corrected chi connectivity index (χ2v) is 5.77. The Morgan fingerprint density at radius 1 is 1.40 bits per heavy atom. The van der Waals surface area contributed by atoms with E-state index in [-0.39, 0.29) is 23.6 Å². The predicted molar refractivity (Wildman–Crippen MR) is 80.6 cm³/mol. The van der Waals surface area contributed by atoms with Gasteiger partial charge in [-0.25, -0.2) is 4.79 Å². The molecule has 1 aliphatic carbocycles. The summed E-state index contributed by atoms with van der Waals surface area (Å²) in [5, 5.41) is 5.80. The summed E-state index contributed by atoms with van der Waals surface area (Å²) in [7, 11) is 0. The molecule has 110 valence electrons. The Kier molecular flexibility index (Phi) is 4.18. The molecule has 1 aliphatic rings. The molecule has 2 rings (SSSR count). The van der Waals surface area contributed by atoms with E-state index in [0.29, 0.717) is 12.3 Å². The Hall–Kier alpha value is -1.75. The highest BCUT2D eigenvalue weighted by molar-refractivity contribution is 5.89. The Balaban J connectivity index is 1.85. The van der Waals surface area contributed by atoms with E-state index >= 15 is 0 Å². The minimum absolute atomic E-state index is 0.0333. The zero-order valence-corrected chi connectivity index (χ0v) is 12.3. The fraction of sp³-hybridized carbons (Fsp3) is 0.533. The molecule has 1 aromatic carbocycles. The maximum atomic E-state index is 12.0. The lowest BCUT2D eigenvalue weighted by Gasteiger charge is -2.51. The van der Waals surface area contributed by atoms with Crippen LogP contribution >= 0.6 is 0 Å². The molecule has 5 nitrogen and oxygen atoms in total. The van der Waals surface area contributed by atoms with Crippen molar-refractivity contribution in [3.05, 3.63) is 24.3 Å². The second-order valence-electron chi connectivity index (χ2n) is 5.77. The molecule has 2 amide bonds. The number of nitrogens with two attached hydrogens (primary N) is 1. The van der Waals surface area contributed by atoms with Crippen molar-refractivity contribution in [2.75, 3.05) is 17.7 Å². The number of nitrogen functional groups attached to an aromatic ring is 1. The number of hydrogen-bond donors (Lipinski definition) is 3. The monoisotopic (exact) mass is 277 g/mol. The van der Waals surface area contributed by atoms with Crippen LogP contribution < -0.4 is 16.4 Å². The Morgan fingerprint density at radius 3 is 2.60 bits per heavy atom. The first kappa shape index (κ1) is 14.7. The molecule has 0 bridgehead atoms. The minimum atomic E-state index is -0.192. The van der Waals surface area contributed by atoms with E-state index < -0.39 is 0 Å². The third-order valence-electron chi connectivity index (χ3n) is 4.02. The van der Waals surface area contributed by atoms with E-state index in [0.717, 1.165) is 12.1 Å². The van der Waals surface area contributed by atoms with Crippen LogP contribution in [0, 0.1) is 5.41 Å². The van der Waals surface area contributed by atoms with Crippen LogP contribution in [-0.2, 0) is 4.74 Å². The predicted octanol–water partition coefficient (Wildman–Crippen LogP) is 2.59. The number of hydrogen-bond acceptors (Lipinski definition) is 3. The molecule has 0 aliphatic heterocycles. The largest absolute Gasteiger partial charge is 0.399 e. The van der Waals surface area contributed by atoms with Gasteiger partial charge in [0.05, 0.1) is 6.10 Å². The number of anilines is 2. The molecule has 2 atom stereocenters. The summed E-state index contributed by atoms with van der Waals surface area (Å²) in [4.78, 5) is 12.0. The van der Waals surface area contributed by atoms with Crippen molar-refractivity contribution in [2.24, 2.45) is 5.41 Å². The van der Waals surface area contributed by atoms with Gasteiger partial charge in [-0.15, -0.1) is 0 Å². The summed E-state index contributed by atoms with van der Waals surface area (Å²) >= 11 is 0. The molecular weight excluding hydrogens is 254 g/mol. The van der Waals surface area contributed by atoms with Crippen molar-refractivity contribution < 1.29 is 9.53 Å². The number of urea groups is 1. The second kappa shape index (κ2) is 5.71. The lowest BCUT2D eigenvalue weighted by molar-refractivity contribution is -0.110. The number of carbonyl (C=O) groups excluding carboxylic acids is 1. The zero-order valence-electron chi connectivity index (χ0n) is 12.3. The minimum Gasteiger partial charge on any atom is -0.399 e. The third kappa shape index (κ3) is 3.04. The molecule has 0 spiro atoms. The van der Waals surface area contributed by atoms with E-state index in [9.17, 15) is 4.79 Å². The van der Waals surface area contributed by atoms with Gasteiger partial charge >= 0.3 is 6.03 Å². The maximum absolute atomic E-state index is 12.0. The van der Waals surface area contributed by atoms with Crippen molar-refractivity contribution in [1.29, 1.82) is 0 Å². The fourth-order valence-corrected chi connectivity index (χ4v) is 2.51. The summed E-state index contributed by atoms with van der Waals surface area (Å²) in [5.41, 5.74) is 6.98. The summed E-state index contributed by atoms with van der Waals surface area (Å²) < 4.78 is 5.65. The topological polar surface area (TPSA) is 76.4 Å². The Bertz CT molecular complexity index is 471. The first-order chi connectivity index (χ1) is 9.43. The highest BCUT2D eigenvalue weighted by atomic mass is 16.5. The lowest BCUT2D eigenvalue weighted by atomic mass is 9.64. The summed E-state index contributed by atoms with van der Waals surface area (Å²) in [6.45, 7) is 6.93. The number of nitrogens with one attached hydrogen (secondary N) is 2. The van der Waals surface area contributed by atoms with Gasteiger partial charge in [-0.3, -0.25) is 0 Å². The Morgan fingerprint density at radius 2 is 2.05 bits per heavy atom. The SMILES string of the molecule is CCOC1CC(NC(=O)Nc2ccc(N)cc2)C1(C)C. The molecule has 1 aromatic rings. The number of ether oxygens (including phenoxy) is 1. The first-order valence-electron chi connectivity index (χ1n) is 6.98. The van der Waals surface area contributed by atoms with Crippen molar-refractivity contribution in [3.8, 4) is 0 Å². The first-order valence-corrected chi connectivity index (χ1v) is 6.98. The van der Waals surface area contributed by atoms with Crippen LogP contribution in [0.15, 0.2) is 24.3 Å². The van der Waals surface area contributed by atoms with Crippen molar-refractivity contribution >= 4 is 17.4 Å². The molecule has 2 unspecified atom stereocenters. The molecule has 0 aromatic heterocycles. The molecule has 0 heterocycles. The molecule has 4 N–H and O–H groups in total. The number of amides is 2. The molecule has 1 fully saturated rings. The summed E-state index contributed by atoms with van der Waals surface area (Å²) in [5.74, 6) is 0. The van der Waals surface area contributed by atoms with Gasteiger partial charge in [-0.2, -0.15) is 0 Å². The average Bonchev–Trinajstić information content (AvgIpc) is 2.40. The molecular formula is C15H23N3O2. The van der Waals surface area contributed by atoms with Gasteiger partial charge in [0.2, 0.25) is 0 Å². The van der Waals surface area contributed by atoms with Crippen LogP contribution in [0.1, 0.15) is 27.2 Å². The van der Waals surface area contributed by atoms with Gasteiger partial charge in [0.25, 0.3) is 0 Å². The third-order valence-corrected chi connectivity index (χ3v) is 4.02. The molecule has 5 heteroatoms. The van der Waals surface area contributed by atoms with Crippen LogP contribution in [0.4, 0.5) is 16.2 Å². The van der Waals surface area contributed by atoms with Gasteiger partial charge in [0.15, 0.2) is 0 Å². The van der Waals surface area contributed by atoms with Crippen LogP contribution in [0.2, 0.25) is 0 Å². The lowest BCUT2D eigenvalue weighted by Crippen LogP contribution is -2.62. The van der Waals surface area contributed by atoms with E-state index in [1.165, 1.54) is 0 Å². The number of benzene rings is 1. The highest BCUT2D eigenvalue weighted by Crippen LogP contribution is 2.42. The van der Waals surface area contributed by atoms with Crippen LogP contribution in [0.25, 0.3) is 0 Å².